The van der Waals surface area contributed by atoms with Gasteiger partial charge in [0.25, 0.3) is 0 Å². The van der Waals surface area contributed by atoms with Gasteiger partial charge in [-0.15, -0.1) is 0 Å². The Morgan fingerprint density at radius 1 is 1.15 bits per heavy atom. The van der Waals surface area contributed by atoms with E-state index in [-0.39, 0.29) is 11.5 Å². The number of nitrogens with zero attached hydrogens (tertiary/aromatic N) is 1. The van der Waals surface area contributed by atoms with E-state index in [0.717, 1.165) is 16.5 Å². The molecule has 8 heteroatoms. The van der Waals surface area contributed by atoms with Crippen LogP contribution < -0.4 is 14.7 Å². The van der Waals surface area contributed by atoms with Crippen LogP contribution in [0.5, 0.6) is 11.5 Å². The minimum atomic E-state index is -4.34. The molecule has 0 unspecified atom stereocenters. The van der Waals surface area contributed by atoms with Crippen molar-refractivity contribution in [1.82, 2.24) is 4.90 Å². The number of hydrogen-bond acceptors (Lipinski definition) is 3. The number of piperazine rings is 1. The Hall–Kier alpha value is -2.32. The number of hydrogen-bond donors (Lipinski definition) is 1. The lowest BCUT2D eigenvalue weighted by Crippen LogP contribution is -3.10. The van der Waals surface area contributed by atoms with Gasteiger partial charge in [-0.3, -0.25) is 4.90 Å². The second-order valence-corrected chi connectivity index (χ2v) is 6.73. The summed E-state index contributed by atoms with van der Waals surface area (Å²) in [5, 5.41) is 11.6. The molecular formula is C19H19F3N2O2S. The smallest absolute Gasteiger partial charge is 0.416 e. The maximum absolute atomic E-state index is 12.9. The van der Waals surface area contributed by atoms with Crippen LogP contribution in [0.25, 0.3) is 0 Å². The van der Waals surface area contributed by atoms with Crippen LogP contribution in [-0.2, 0) is 6.18 Å². The molecule has 27 heavy (non-hydrogen) atoms. The fourth-order valence-electron chi connectivity index (χ4n) is 3.17. The van der Waals surface area contributed by atoms with Gasteiger partial charge in [0.05, 0.1) is 38.9 Å². The van der Waals surface area contributed by atoms with Crippen LogP contribution >= 0.6 is 12.2 Å². The highest BCUT2D eigenvalue weighted by atomic mass is 32.1. The lowest BCUT2D eigenvalue weighted by molar-refractivity contribution is -0.837. The maximum Gasteiger partial charge on any atom is 0.416 e. The highest BCUT2D eigenvalue weighted by Gasteiger charge is 2.32. The summed E-state index contributed by atoms with van der Waals surface area (Å²) in [6.07, 6.45) is -4.34. The van der Waals surface area contributed by atoms with E-state index in [1.165, 1.54) is 25.3 Å². The number of benzene rings is 2. The van der Waals surface area contributed by atoms with Crippen LogP contribution in [0.4, 0.5) is 18.9 Å². The minimum absolute atomic E-state index is 0.206. The monoisotopic (exact) mass is 396 g/mol. The molecule has 2 aromatic rings. The molecule has 0 spiro atoms. The van der Waals surface area contributed by atoms with Gasteiger partial charge >= 0.3 is 6.18 Å². The van der Waals surface area contributed by atoms with E-state index in [1.807, 2.05) is 4.90 Å². The largest absolute Gasteiger partial charge is 0.870 e. The standard InChI is InChI=1S/C19H19F3N2O2S/c1-26-17-11-13(5-6-16(17)25)18(27)24-9-7-23(8-10-24)15-4-2-3-14(12-15)19(20,21)22/h2-6,11-12,25H,7-10H2,1H3. The molecule has 1 fully saturated rings. The van der Waals surface area contributed by atoms with Crippen LogP contribution in [0.2, 0.25) is 0 Å². The summed E-state index contributed by atoms with van der Waals surface area (Å²) < 4.78 is 43.8. The number of nitrogens with one attached hydrogen (secondary N) is 1. The van der Waals surface area contributed by atoms with Crippen molar-refractivity contribution >= 4 is 22.9 Å². The first kappa shape index (κ1) is 19.4. The SMILES string of the molecule is COc1cc(C(=S)N2CC[NH+](c3cccc(C(F)(F)F)c3)CC2)ccc1[O-]. The fraction of sp³-hybridized carbons (Fsp3) is 0.316. The minimum Gasteiger partial charge on any atom is -0.870 e. The van der Waals surface area contributed by atoms with Crippen LogP contribution in [0, 0.1) is 0 Å². The molecular weight excluding hydrogens is 377 g/mol. The third kappa shape index (κ3) is 4.33. The molecule has 0 atom stereocenters. The van der Waals surface area contributed by atoms with Crippen LogP contribution in [-0.4, -0.2) is 43.2 Å². The van der Waals surface area contributed by atoms with Gasteiger partial charge < -0.3 is 14.7 Å². The van der Waals surface area contributed by atoms with Gasteiger partial charge in [-0.2, -0.15) is 13.2 Å². The number of quaternary nitrogens is 1. The van der Waals surface area contributed by atoms with Gasteiger partial charge in [0.15, 0.2) is 0 Å². The number of methoxy groups -OCH3 is 1. The highest BCUT2D eigenvalue weighted by molar-refractivity contribution is 7.80. The first-order valence-electron chi connectivity index (χ1n) is 8.46. The summed E-state index contributed by atoms with van der Waals surface area (Å²) in [6.45, 7) is 2.51. The second kappa shape index (κ2) is 7.74. The summed E-state index contributed by atoms with van der Waals surface area (Å²) >= 11 is 5.53. The number of rotatable bonds is 3. The average Bonchev–Trinajstić information content (AvgIpc) is 2.67. The van der Waals surface area contributed by atoms with E-state index in [4.69, 9.17) is 17.0 Å². The molecule has 3 rings (SSSR count). The quantitative estimate of drug-likeness (QED) is 0.806. The highest BCUT2D eigenvalue weighted by Crippen LogP contribution is 2.30. The van der Waals surface area contributed by atoms with Crippen molar-refractivity contribution < 1.29 is 27.9 Å². The molecule has 1 aliphatic heterocycles. The van der Waals surface area contributed by atoms with Gasteiger partial charge in [-0.1, -0.05) is 36.2 Å². The van der Waals surface area contributed by atoms with Crippen molar-refractivity contribution in [3.8, 4) is 11.5 Å². The van der Waals surface area contributed by atoms with E-state index < -0.39 is 11.7 Å². The van der Waals surface area contributed by atoms with Crippen molar-refractivity contribution in [2.45, 2.75) is 6.18 Å². The Bertz CT molecular complexity index is 834. The Morgan fingerprint density at radius 3 is 2.48 bits per heavy atom. The van der Waals surface area contributed by atoms with Crippen molar-refractivity contribution in [3.05, 3.63) is 53.6 Å². The lowest BCUT2D eigenvalue weighted by atomic mass is 10.1. The van der Waals surface area contributed by atoms with E-state index >= 15 is 0 Å². The van der Waals surface area contributed by atoms with E-state index in [0.29, 0.717) is 36.9 Å². The van der Waals surface area contributed by atoms with E-state index in [9.17, 15) is 18.3 Å². The summed E-state index contributed by atoms with van der Waals surface area (Å²) in [5.74, 6) is 0.0333. The number of thiocarbonyl (C=S) groups is 1. The molecule has 1 saturated heterocycles. The van der Waals surface area contributed by atoms with Crippen molar-refractivity contribution in [1.29, 1.82) is 0 Å². The number of halogens is 3. The van der Waals surface area contributed by atoms with Gasteiger partial charge in [0.1, 0.15) is 16.4 Å². The number of ether oxygens (including phenoxy) is 1. The van der Waals surface area contributed by atoms with Gasteiger partial charge in [-0.25, -0.2) is 0 Å². The zero-order valence-electron chi connectivity index (χ0n) is 14.7. The Balaban J connectivity index is 1.68. The second-order valence-electron chi connectivity index (χ2n) is 6.34. The van der Waals surface area contributed by atoms with Gasteiger partial charge in [-0.05, 0) is 18.2 Å². The zero-order valence-corrected chi connectivity index (χ0v) is 15.5. The first-order chi connectivity index (χ1) is 12.8. The molecule has 0 aromatic heterocycles. The third-order valence-corrected chi connectivity index (χ3v) is 5.16. The van der Waals surface area contributed by atoms with Crippen LogP contribution in [0.1, 0.15) is 11.1 Å². The average molecular weight is 396 g/mol. The van der Waals surface area contributed by atoms with Crippen molar-refractivity contribution in [2.75, 3.05) is 33.3 Å². The molecule has 2 aromatic carbocycles. The normalized spacial score (nSPS) is 15.6. The molecule has 1 aliphatic rings. The van der Waals surface area contributed by atoms with Crippen LogP contribution in [0.3, 0.4) is 0 Å². The van der Waals surface area contributed by atoms with Crippen LogP contribution in [0.15, 0.2) is 42.5 Å². The maximum atomic E-state index is 12.9. The Labute approximate surface area is 160 Å². The molecule has 144 valence electrons. The summed E-state index contributed by atoms with van der Waals surface area (Å²) in [7, 11) is 1.43. The predicted molar refractivity (Wildman–Crippen MR) is 97.5 cm³/mol. The molecule has 0 radical (unpaired) electrons. The molecule has 0 saturated carbocycles. The van der Waals surface area contributed by atoms with E-state index in [2.05, 4.69) is 0 Å². The summed E-state index contributed by atoms with van der Waals surface area (Å²) in [5.41, 5.74) is 0.729. The van der Waals surface area contributed by atoms with Crippen molar-refractivity contribution in [2.24, 2.45) is 0 Å². The summed E-state index contributed by atoms with van der Waals surface area (Å²) in [4.78, 5) is 3.61. The van der Waals surface area contributed by atoms with E-state index in [1.54, 1.807) is 18.2 Å². The Morgan fingerprint density at radius 2 is 1.85 bits per heavy atom. The molecule has 0 amide bonds. The topological polar surface area (TPSA) is 40.0 Å². The van der Waals surface area contributed by atoms with Gasteiger partial charge in [0.2, 0.25) is 0 Å². The Kier molecular flexibility index (Phi) is 5.57. The fourth-order valence-corrected chi connectivity index (χ4v) is 3.48. The zero-order chi connectivity index (χ0) is 19.6. The number of alkyl halides is 3. The molecule has 0 bridgehead atoms. The predicted octanol–water partition coefficient (Wildman–Crippen LogP) is 2.00. The van der Waals surface area contributed by atoms with Gasteiger partial charge in [0, 0.05) is 11.6 Å². The molecule has 0 aliphatic carbocycles. The molecule has 1 N–H and O–H groups in total. The van der Waals surface area contributed by atoms with Crippen molar-refractivity contribution in [3.63, 3.8) is 0 Å². The molecule has 4 nitrogen and oxygen atoms in total. The summed E-state index contributed by atoms with van der Waals surface area (Å²) in [6, 6.07) is 10.2. The third-order valence-electron chi connectivity index (χ3n) is 4.66. The lowest BCUT2D eigenvalue weighted by Gasteiger charge is -2.34. The molecule has 1 heterocycles. The first-order valence-corrected chi connectivity index (χ1v) is 8.87.